The van der Waals surface area contributed by atoms with Gasteiger partial charge < -0.3 is 4.90 Å². The molecule has 0 N–H and O–H groups in total. The molecule has 2 heterocycles. The Morgan fingerprint density at radius 1 is 1.23 bits per heavy atom. The standard InChI is InChI=1S/C15H14Cl2N2OS2/c1-9-13(15(20)19-5-7-21-8-6-19)22-14(18-9)12-10(16)3-2-4-11(12)17/h2-4H,5-8H2,1H3. The summed E-state index contributed by atoms with van der Waals surface area (Å²) in [4.78, 5) is 19.7. The zero-order valence-electron chi connectivity index (χ0n) is 11.9. The molecule has 1 aliphatic heterocycles. The number of nitrogens with zero attached hydrogens (tertiary/aromatic N) is 2. The number of benzene rings is 1. The van der Waals surface area contributed by atoms with Crippen LogP contribution in [0.25, 0.3) is 10.6 Å². The number of aryl methyl sites for hydroxylation is 1. The van der Waals surface area contributed by atoms with Gasteiger partial charge in [0.25, 0.3) is 5.91 Å². The van der Waals surface area contributed by atoms with Gasteiger partial charge in [0.05, 0.1) is 15.7 Å². The minimum Gasteiger partial charge on any atom is -0.336 e. The number of rotatable bonds is 2. The number of amides is 1. The number of carbonyl (C=O) groups is 1. The molecule has 2 aromatic rings. The number of hydrogen-bond acceptors (Lipinski definition) is 4. The van der Waals surface area contributed by atoms with Gasteiger partial charge in [0.2, 0.25) is 0 Å². The first kappa shape index (κ1) is 16.1. The van der Waals surface area contributed by atoms with Gasteiger partial charge in [-0.25, -0.2) is 4.98 Å². The van der Waals surface area contributed by atoms with E-state index in [1.165, 1.54) is 11.3 Å². The average Bonchev–Trinajstić information content (AvgIpc) is 2.89. The van der Waals surface area contributed by atoms with Crippen LogP contribution in [-0.4, -0.2) is 40.4 Å². The van der Waals surface area contributed by atoms with Gasteiger partial charge in [0.1, 0.15) is 9.88 Å². The highest BCUT2D eigenvalue weighted by atomic mass is 35.5. The summed E-state index contributed by atoms with van der Waals surface area (Å²) in [7, 11) is 0. The van der Waals surface area contributed by atoms with Gasteiger partial charge in [0.15, 0.2) is 0 Å². The molecule has 1 fully saturated rings. The second-order valence-electron chi connectivity index (χ2n) is 4.93. The molecule has 3 rings (SSSR count). The van der Waals surface area contributed by atoms with Crippen LogP contribution < -0.4 is 0 Å². The summed E-state index contributed by atoms with van der Waals surface area (Å²) < 4.78 is 0. The molecule has 0 spiro atoms. The Balaban J connectivity index is 1.95. The smallest absolute Gasteiger partial charge is 0.265 e. The van der Waals surface area contributed by atoms with Crippen LogP contribution in [0.2, 0.25) is 10.0 Å². The van der Waals surface area contributed by atoms with Crippen LogP contribution in [0.1, 0.15) is 15.4 Å². The quantitative estimate of drug-likeness (QED) is 0.771. The summed E-state index contributed by atoms with van der Waals surface area (Å²) in [6.45, 7) is 3.45. The number of carbonyl (C=O) groups excluding carboxylic acids is 1. The summed E-state index contributed by atoms with van der Waals surface area (Å²) in [6, 6.07) is 5.36. The van der Waals surface area contributed by atoms with Crippen molar-refractivity contribution in [3.8, 4) is 10.6 Å². The summed E-state index contributed by atoms with van der Waals surface area (Å²) >= 11 is 15.7. The molecule has 1 saturated heterocycles. The Hall–Kier alpha value is -0.750. The summed E-state index contributed by atoms with van der Waals surface area (Å²) in [6.07, 6.45) is 0. The highest BCUT2D eigenvalue weighted by Gasteiger charge is 2.24. The normalized spacial score (nSPS) is 15.1. The lowest BCUT2D eigenvalue weighted by Gasteiger charge is -2.25. The SMILES string of the molecule is Cc1nc(-c2c(Cl)cccc2Cl)sc1C(=O)N1CCSCC1. The zero-order chi connectivity index (χ0) is 15.7. The minimum absolute atomic E-state index is 0.0599. The van der Waals surface area contributed by atoms with Crippen molar-refractivity contribution in [1.82, 2.24) is 9.88 Å². The minimum atomic E-state index is 0.0599. The molecule has 0 saturated carbocycles. The van der Waals surface area contributed by atoms with E-state index in [1.54, 1.807) is 18.2 Å². The third kappa shape index (κ3) is 3.13. The number of aromatic nitrogens is 1. The fourth-order valence-corrected chi connectivity index (χ4v) is 5.01. The monoisotopic (exact) mass is 372 g/mol. The fraction of sp³-hybridized carbons (Fsp3) is 0.333. The molecule has 116 valence electrons. The van der Waals surface area contributed by atoms with E-state index in [-0.39, 0.29) is 5.91 Å². The molecule has 3 nitrogen and oxygen atoms in total. The predicted octanol–water partition coefficient (Wildman–Crippen LogP) is 4.61. The van der Waals surface area contributed by atoms with Gasteiger partial charge in [-0.3, -0.25) is 4.79 Å². The molecule has 1 aromatic carbocycles. The molecule has 1 amide bonds. The van der Waals surface area contributed by atoms with Crippen molar-refractivity contribution in [1.29, 1.82) is 0 Å². The lowest BCUT2D eigenvalue weighted by atomic mass is 10.2. The number of hydrogen-bond donors (Lipinski definition) is 0. The predicted molar refractivity (Wildman–Crippen MR) is 95.5 cm³/mol. The third-order valence-corrected chi connectivity index (χ3v) is 6.20. The molecule has 0 aliphatic carbocycles. The van der Waals surface area contributed by atoms with Crippen LogP contribution >= 0.6 is 46.3 Å². The topological polar surface area (TPSA) is 33.2 Å². The molecule has 1 aliphatic rings. The van der Waals surface area contributed by atoms with E-state index < -0.39 is 0 Å². The van der Waals surface area contributed by atoms with Crippen LogP contribution in [-0.2, 0) is 0 Å². The molecular formula is C15H14Cl2N2OS2. The van der Waals surface area contributed by atoms with Crippen LogP contribution in [0.5, 0.6) is 0 Å². The van der Waals surface area contributed by atoms with Gasteiger partial charge in [-0.15, -0.1) is 11.3 Å². The first-order valence-electron chi connectivity index (χ1n) is 6.86. The van der Waals surface area contributed by atoms with Crippen LogP contribution in [0.3, 0.4) is 0 Å². The van der Waals surface area contributed by atoms with Crippen molar-refractivity contribution >= 4 is 52.2 Å². The van der Waals surface area contributed by atoms with E-state index >= 15 is 0 Å². The largest absolute Gasteiger partial charge is 0.336 e. The van der Waals surface area contributed by atoms with Crippen LogP contribution in [0.15, 0.2) is 18.2 Å². The molecule has 0 atom stereocenters. The van der Waals surface area contributed by atoms with Crippen molar-refractivity contribution in [2.24, 2.45) is 0 Å². The maximum absolute atomic E-state index is 12.7. The van der Waals surface area contributed by atoms with E-state index in [0.717, 1.165) is 30.3 Å². The number of thiazole rings is 1. The Morgan fingerprint density at radius 3 is 2.50 bits per heavy atom. The average molecular weight is 373 g/mol. The molecule has 1 aromatic heterocycles. The van der Waals surface area contributed by atoms with Gasteiger partial charge >= 0.3 is 0 Å². The summed E-state index contributed by atoms with van der Waals surface area (Å²) in [5.41, 5.74) is 1.44. The van der Waals surface area contributed by atoms with E-state index in [1.807, 2.05) is 23.6 Å². The van der Waals surface area contributed by atoms with Crippen molar-refractivity contribution in [2.45, 2.75) is 6.92 Å². The number of halogens is 2. The van der Waals surface area contributed by atoms with Crippen molar-refractivity contribution < 1.29 is 4.79 Å². The second-order valence-corrected chi connectivity index (χ2v) is 7.97. The Bertz CT molecular complexity index is 691. The van der Waals surface area contributed by atoms with Crippen LogP contribution in [0.4, 0.5) is 0 Å². The molecule has 7 heteroatoms. The molecule has 0 bridgehead atoms. The maximum atomic E-state index is 12.7. The highest BCUT2D eigenvalue weighted by molar-refractivity contribution is 7.99. The Labute approximate surface area is 147 Å². The first-order valence-corrected chi connectivity index (χ1v) is 9.59. The van der Waals surface area contributed by atoms with Gasteiger partial charge in [-0.2, -0.15) is 11.8 Å². The van der Waals surface area contributed by atoms with Crippen molar-refractivity contribution in [2.75, 3.05) is 24.6 Å². The van der Waals surface area contributed by atoms with E-state index in [2.05, 4.69) is 4.98 Å². The zero-order valence-corrected chi connectivity index (χ0v) is 15.1. The second kappa shape index (κ2) is 6.79. The van der Waals surface area contributed by atoms with Crippen LogP contribution in [0, 0.1) is 6.92 Å². The summed E-state index contributed by atoms with van der Waals surface area (Å²) in [5, 5.41) is 1.80. The number of thioether (sulfide) groups is 1. The third-order valence-electron chi connectivity index (χ3n) is 3.47. The molecule has 0 radical (unpaired) electrons. The Kier molecular flexibility index (Phi) is 4.97. The van der Waals surface area contributed by atoms with E-state index in [9.17, 15) is 4.79 Å². The molecule has 22 heavy (non-hydrogen) atoms. The first-order chi connectivity index (χ1) is 10.6. The van der Waals surface area contributed by atoms with E-state index in [4.69, 9.17) is 23.2 Å². The molecule has 0 unspecified atom stereocenters. The van der Waals surface area contributed by atoms with Crippen molar-refractivity contribution in [3.05, 3.63) is 38.8 Å². The van der Waals surface area contributed by atoms with Gasteiger partial charge in [-0.1, -0.05) is 29.3 Å². The van der Waals surface area contributed by atoms with Gasteiger partial charge in [0, 0.05) is 30.2 Å². The fourth-order valence-electron chi connectivity index (χ4n) is 2.31. The lowest BCUT2D eigenvalue weighted by molar-refractivity contribution is 0.0776. The van der Waals surface area contributed by atoms with Gasteiger partial charge in [-0.05, 0) is 19.1 Å². The van der Waals surface area contributed by atoms with E-state index in [0.29, 0.717) is 25.5 Å². The molecular weight excluding hydrogens is 359 g/mol. The lowest BCUT2D eigenvalue weighted by Crippen LogP contribution is -2.37. The maximum Gasteiger partial charge on any atom is 0.265 e. The summed E-state index contributed by atoms with van der Waals surface area (Å²) in [5.74, 6) is 2.05. The van der Waals surface area contributed by atoms with Crippen molar-refractivity contribution in [3.63, 3.8) is 0 Å². The highest BCUT2D eigenvalue weighted by Crippen LogP contribution is 2.38. The Morgan fingerprint density at radius 2 is 1.86 bits per heavy atom.